The Morgan fingerprint density at radius 1 is 0.567 bits per heavy atom. The maximum absolute atomic E-state index is 7.18. The third-order valence-electron chi connectivity index (χ3n) is 6.29. The molecule has 1 aliphatic heterocycles. The van der Waals surface area contributed by atoms with Gasteiger partial charge in [0.2, 0.25) is 5.72 Å². The fourth-order valence-electron chi connectivity index (χ4n) is 4.88. The molecule has 0 saturated carbocycles. The van der Waals surface area contributed by atoms with Gasteiger partial charge in [-0.3, -0.25) is 4.99 Å². The van der Waals surface area contributed by atoms with Gasteiger partial charge in [-0.1, -0.05) is 109 Å². The SMILES string of the molecule is C1=NC2(OC1(c1ccccc1)c1ccccc1)c1ccccc1Cc1ccccc12. The molecule has 0 N–H and O–H groups in total. The van der Waals surface area contributed by atoms with Crippen LogP contribution in [-0.4, -0.2) is 6.21 Å². The van der Waals surface area contributed by atoms with Crippen LogP contribution in [-0.2, 0) is 22.5 Å². The van der Waals surface area contributed by atoms with Gasteiger partial charge in [-0.05, 0) is 28.7 Å². The molecule has 1 aliphatic carbocycles. The Bertz CT molecular complexity index is 1160. The normalized spacial score (nSPS) is 17.5. The van der Waals surface area contributed by atoms with Crippen LogP contribution in [0.25, 0.3) is 0 Å². The lowest BCUT2D eigenvalue weighted by Gasteiger charge is -2.39. The molecule has 1 spiro atoms. The van der Waals surface area contributed by atoms with E-state index in [1.54, 1.807) is 0 Å². The lowest BCUT2D eigenvalue weighted by atomic mass is 9.79. The molecule has 2 heteroatoms. The summed E-state index contributed by atoms with van der Waals surface area (Å²) in [5, 5.41) is 0. The number of aliphatic imine (C=N–C) groups is 1. The molecule has 2 nitrogen and oxygen atoms in total. The van der Waals surface area contributed by atoms with Crippen molar-refractivity contribution in [1.82, 2.24) is 0 Å². The predicted octanol–water partition coefficient (Wildman–Crippen LogP) is 5.84. The molecule has 0 amide bonds. The summed E-state index contributed by atoms with van der Waals surface area (Å²) in [6, 6.07) is 37.9. The Hall–Kier alpha value is -3.49. The minimum Gasteiger partial charge on any atom is -0.324 e. The van der Waals surface area contributed by atoms with Crippen LogP contribution in [0.5, 0.6) is 0 Å². The van der Waals surface area contributed by atoms with Crippen molar-refractivity contribution in [2.24, 2.45) is 4.99 Å². The van der Waals surface area contributed by atoms with Crippen LogP contribution in [0.3, 0.4) is 0 Å². The average molecular weight is 387 g/mol. The summed E-state index contributed by atoms with van der Waals surface area (Å²) in [7, 11) is 0. The zero-order chi connectivity index (χ0) is 20.0. The maximum Gasteiger partial charge on any atom is 0.213 e. The maximum atomic E-state index is 7.18. The molecule has 0 aromatic heterocycles. The lowest BCUT2D eigenvalue weighted by Crippen LogP contribution is -2.39. The van der Waals surface area contributed by atoms with E-state index in [0.717, 1.165) is 28.7 Å². The van der Waals surface area contributed by atoms with E-state index in [1.165, 1.54) is 11.1 Å². The molecular formula is C28H21NO. The average Bonchev–Trinajstić information content (AvgIpc) is 3.23. The fourth-order valence-corrected chi connectivity index (χ4v) is 4.88. The van der Waals surface area contributed by atoms with Gasteiger partial charge in [-0.25, -0.2) is 0 Å². The van der Waals surface area contributed by atoms with Crippen molar-refractivity contribution in [3.63, 3.8) is 0 Å². The zero-order valence-electron chi connectivity index (χ0n) is 16.5. The molecule has 6 rings (SSSR count). The minimum atomic E-state index is -0.850. The van der Waals surface area contributed by atoms with Gasteiger partial charge in [0.25, 0.3) is 0 Å². The van der Waals surface area contributed by atoms with Gasteiger partial charge >= 0.3 is 0 Å². The topological polar surface area (TPSA) is 21.6 Å². The Morgan fingerprint density at radius 3 is 1.57 bits per heavy atom. The standard InChI is InChI=1S/C28H21NO/c1-3-13-23(14-4-1)27(24-15-5-2-6-16-24)20-29-28(30-27)25-17-9-7-11-21(25)19-22-12-8-10-18-26(22)28/h1-18,20H,19H2. The number of nitrogens with zero attached hydrogens (tertiary/aromatic N) is 1. The van der Waals surface area contributed by atoms with Gasteiger partial charge in [0, 0.05) is 17.3 Å². The van der Waals surface area contributed by atoms with Crippen LogP contribution >= 0.6 is 0 Å². The highest BCUT2D eigenvalue weighted by Gasteiger charge is 2.53. The molecule has 0 saturated heterocycles. The number of fused-ring (bicyclic) bond motifs is 4. The minimum absolute atomic E-state index is 0.750. The lowest BCUT2D eigenvalue weighted by molar-refractivity contribution is -0.0631. The molecule has 0 atom stereocenters. The number of benzene rings is 4. The molecule has 2 aliphatic rings. The summed E-state index contributed by atoms with van der Waals surface area (Å²) in [5.74, 6) is 0. The Morgan fingerprint density at radius 2 is 1.03 bits per heavy atom. The van der Waals surface area contributed by atoms with Crippen molar-refractivity contribution >= 4 is 6.21 Å². The van der Waals surface area contributed by atoms with Gasteiger partial charge in [0.05, 0.1) is 0 Å². The second kappa shape index (κ2) is 6.51. The Labute approximate surface area is 176 Å². The summed E-state index contributed by atoms with van der Waals surface area (Å²) in [5.41, 5.74) is 5.37. The quantitative estimate of drug-likeness (QED) is 0.424. The highest BCUT2D eigenvalue weighted by Crippen LogP contribution is 2.52. The number of hydrogen-bond donors (Lipinski definition) is 0. The van der Waals surface area contributed by atoms with E-state index in [4.69, 9.17) is 9.73 Å². The molecule has 0 bridgehead atoms. The van der Waals surface area contributed by atoms with Crippen LogP contribution < -0.4 is 0 Å². The van der Waals surface area contributed by atoms with E-state index in [0.29, 0.717) is 0 Å². The van der Waals surface area contributed by atoms with Crippen LogP contribution in [0, 0.1) is 0 Å². The van der Waals surface area contributed by atoms with Crippen molar-refractivity contribution in [3.05, 3.63) is 143 Å². The first-order valence-corrected chi connectivity index (χ1v) is 10.4. The summed E-state index contributed by atoms with van der Waals surface area (Å²) >= 11 is 0. The van der Waals surface area contributed by atoms with Crippen LogP contribution in [0.15, 0.2) is 114 Å². The zero-order valence-corrected chi connectivity index (χ0v) is 16.5. The summed E-state index contributed by atoms with van der Waals surface area (Å²) in [6.45, 7) is 0. The van der Waals surface area contributed by atoms with Crippen molar-refractivity contribution < 1.29 is 4.74 Å². The molecule has 30 heavy (non-hydrogen) atoms. The van der Waals surface area contributed by atoms with Crippen molar-refractivity contribution in [3.8, 4) is 0 Å². The number of rotatable bonds is 2. The summed E-state index contributed by atoms with van der Waals surface area (Å²) < 4.78 is 7.18. The molecular weight excluding hydrogens is 366 g/mol. The molecule has 0 fully saturated rings. The first kappa shape index (κ1) is 17.4. The first-order valence-electron chi connectivity index (χ1n) is 10.4. The van der Waals surface area contributed by atoms with E-state index in [2.05, 4.69) is 97.1 Å². The number of hydrogen-bond acceptors (Lipinski definition) is 2. The van der Waals surface area contributed by atoms with Crippen LogP contribution in [0.1, 0.15) is 33.4 Å². The predicted molar refractivity (Wildman–Crippen MR) is 120 cm³/mol. The third kappa shape index (κ3) is 2.38. The second-order valence-corrected chi connectivity index (χ2v) is 7.96. The van der Waals surface area contributed by atoms with E-state index < -0.39 is 11.3 Å². The van der Waals surface area contributed by atoms with Crippen molar-refractivity contribution in [1.29, 1.82) is 0 Å². The molecule has 4 aromatic rings. The molecule has 0 unspecified atom stereocenters. The van der Waals surface area contributed by atoms with Gasteiger partial charge < -0.3 is 4.74 Å². The van der Waals surface area contributed by atoms with Gasteiger partial charge in [-0.2, -0.15) is 0 Å². The van der Waals surface area contributed by atoms with Crippen LogP contribution in [0.2, 0.25) is 0 Å². The monoisotopic (exact) mass is 387 g/mol. The van der Waals surface area contributed by atoms with E-state index >= 15 is 0 Å². The largest absolute Gasteiger partial charge is 0.324 e. The van der Waals surface area contributed by atoms with Gasteiger partial charge in [-0.15, -0.1) is 0 Å². The smallest absolute Gasteiger partial charge is 0.213 e. The van der Waals surface area contributed by atoms with E-state index in [9.17, 15) is 0 Å². The number of ether oxygens (including phenoxy) is 1. The van der Waals surface area contributed by atoms with E-state index in [1.807, 2.05) is 18.3 Å². The highest BCUT2D eigenvalue weighted by molar-refractivity contribution is 5.80. The summed E-state index contributed by atoms with van der Waals surface area (Å²) in [6.07, 6.45) is 2.91. The fraction of sp³-hybridized carbons (Fsp3) is 0.107. The van der Waals surface area contributed by atoms with Crippen molar-refractivity contribution in [2.75, 3.05) is 0 Å². The molecule has 0 radical (unpaired) electrons. The van der Waals surface area contributed by atoms with E-state index in [-0.39, 0.29) is 0 Å². The molecule has 4 aromatic carbocycles. The van der Waals surface area contributed by atoms with Crippen LogP contribution in [0.4, 0.5) is 0 Å². The summed E-state index contributed by atoms with van der Waals surface area (Å²) in [4.78, 5) is 5.17. The Kier molecular flexibility index (Phi) is 3.77. The van der Waals surface area contributed by atoms with Gasteiger partial charge in [0.15, 0.2) is 5.60 Å². The Balaban J connectivity index is 1.62. The molecule has 144 valence electrons. The third-order valence-corrected chi connectivity index (χ3v) is 6.29. The molecule has 1 heterocycles. The van der Waals surface area contributed by atoms with Crippen molar-refractivity contribution in [2.45, 2.75) is 17.7 Å². The van der Waals surface area contributed by atoms with Gasteiger partial charge in [0.1, 0.15) is 0 Å². The highest BCUT2D eigenvalue weighted by atomic mass is 16.5. The first-order chi connectivity index (χ1) is 14.8. The second-order valence-electron chi connectivity index (χ2n) is 7.96.